The van der Waals surface area contributed by atoms with Crippen LogP contribution in [0, 0.1) is 0 Å². The fourth-order valence-corrected chi connectivity index (χ4v) is 0.717. The summed E-state index contributed by atoms with van der Waals surface area (Å²) in [7, 11) is 0. The average Bonchev–Trinajstić information content (AvgIpc) is 2.06. The Balaban J connectivity index is 0. The Hall–Kier alpha value is -1.44. The zero-order valence-corrected chi connectivity index (χ0v) is 9.63. The Bertz CT molecular complexity index is 237. The van der Waals surface area contributed by atoms with Crippen molar-refractivity contribution in [2.24, 2.45) is 5.73 Å². The van der Waals surface area contributed by atoms with Gasteiger partial charge in [-0.15, -0.1) is 0 Å². The first-order valence-corrected chi connectivity index (χ1v) is 4.68. The van der Waals surface area contributed by atoms with E-state index in [1.54, 1.807) is 19.1 Å². The van der Waals surface area contributed by atoms with Crippen LogP contribution in [0.1, 0.15) is 27.7 Å². The van der Waals surface area contributed by atoms with Crippen molar-refractivity contribution in [2.45, 2.75) is 27.7 Å². The zero-order valence-electron chi connectivity index (χ0n) is 9.63. The van der Waals surface area contributed by atoms with Crippen LogP contribution in [0.15, 0.2) is 48.6 Å². The van der Waals surface area contributed by atoms with Crippen molar-refractivity contribution in [1.82, 2.24) is 0 Å². The summed E-state index contributed by atoms with van der Waals surface area (Å²) in [4.78, 5) is 0. The summed E-state index contributed by atoms with van der Waals surface area (Å²) < 4.78 is 5.24. The van der Waals surface area contributed by atoms with Gasteiger partial charge in [-0.05, 0) is 26.0 Å². The largest absolute Gasteiger partial charge is 0.463 e. The molecule has 14 heavy (non-hydrogen) atoms. The van der Waals surface area contributed by atoms with Gasteiger partial charge in [0.15, 0.2) is 0 Å². The molecule has 0 aliphatic carbocycles. The Morgan fingerprint density at radius 2 is 1.79 bits per heavy atom. The van der Waals surface area contributed by atoms with Crippen LogP contribution < -0.4 is 5.73 Å². The Kier molecular flexibility index (Phi) is 10.4. The summed E-state index contributed by atoms with van der Waals surface area (Å²) in [5.74, 6) is 1.28. The lowest BCUT2D eigenvalue weighted by atomic mass is 10.4. The number of allylic oxidation sites excluding steroid dienone is 4. The smallest absolute Gasteiger partial charge is 0.119 e. The predicted molar refractivity (Wildman–Crippen MR) is 63.5 cm³/mol. The molecule has 0 rings (SSSR count). The summed E-state index contributed by atoms with van der Waals surface area (Å²) in [5, 5.41) is 0. The third-order valence-corrected chi connectivity index (χ3v) is 1.03. The number of hydrogen-bond acceptors (Lipinski definition) is 2. The van der Waals surface area contributed by atoms with E-state index in [0.717, 1.165) is 0 Å². The van der Waals surface area contributed by atoms with Crippen LogP contribution >= 0.6 is 0 Å². The first kappa shape index (κ1) is 15.1. The molecular formula is C12H21NO. The van der Waals surface area contributed by atoms with Gasteiger partial charge in [-0.2, -0.15) is 0 Å². The van der Waals surface area contributed by atoms with Crippen molar-refractivity contribution in [1.29, 1.82) is 0 Å². The third kappa shape index (κ3) is 10.6. The van der Waals surface area contributed by atoms with Gasteiger partial charge in [0, 0.05) is 5.70 Å². The van der Waals surface area contributed by atoms with Gasteiger partial charge in [0.25, 0.3) is 0 Å². The highest BCUT2D eigenvalue weighted by Crippen LogP contribution is 2.05. The molecule has 2 nitrogen and oxygen atoms in total. The molecule has 0 spiro atoms. The van der Waals surface area contributed by atoms with E-state index in [1.165, 1.54) is 0 Å². The van der Waals surface area contributed by atoms with E-state index in [-0.39, 0.29) is 0 Å². The van der Waals surface area contributed by atoms with E-state index in [1.807, 2.05) is 26.8 Å². The molecule has 2 N–H and O–H groups in total. The second-order valence-electron chi connectivity index (χ2n) is 2.40. The maximum Gasteiger partial charge on any atom is 0.119 e. The van der Waals surface area contributed by atoms with Crippen molar-refractivity contribution >= 4 is 0 Å². The normalized spacial score (nSPS) is 10.4. The molecule has 0 fully saturated rings. The molecule has 0 heterocycles. The molecule has 0 saturated heterocycles. The highest BCUT2D eigenvalue weighted by molar-refractivity contribution is 5.16. The van der Waals surface area contributed by atoms with Gasteiger partial charge in [0.05, 0.1) is 0 Å². The fourth-order valence-electron chi connectivity index (χ4n) is 0.717. The summed E-state index contributed by atoms with van der Waals surface area (Å²) in [5.41, 5.74) is 5.82. The highest BCUT2D eigenvalue weighted by Gasteiger charge is 1.91. The first-order valence-electron chi connectivity index (χ1n) is 4.68. The monoisotopic (exact) mass is 195 g/mol. The lowest BCUT2D eigenvalue weighted by Crippen LogP contribution is -1.93. The SMILES string of the molecule is C=C(N)/C=C(\C)OC(=C)/C=C\C.CC. The van der Waals surface area contributed by atoms with Crippen LogP contribution in [0.25, 0.3) is 0 Å². The molecule has 0 aliphatic rings. The Morgan fingerprint density at radius 3 is 2.14 bits per heavy atom. The molecule has 0 aromatic carbocycles. The maximum atomic E-state index is 5.34. The lowest BCUT2D eigenvalue weighted by Gasteiger charge is -2.04. The molecule has 0 saturated carbocycles. The average molecular weight is 195 g/mol. The molecular weight excluding hydrogens is 174 g/mol. The molecule has 0 bridgehead atoms. The van der Waals surface area contributed by atoms with Crippen LogP contribution in [0.5, 0.6) is 0 Å². The van der Waals surface area contributed by atoms with E-state index in [2.05, 4.69) is 13.2 Å². The van der Waals surface area contributed by atoms with Crippen LogP contribution in [-0.2, 0) is 4.74 Å². The highest BCUT2D eigenvalue weighted by atomic mass is 16.5. The van der Waals surface area contributed by atoms with E-state index in [0.29, 0.717) is 17.2 Å². The molecule has 0 unspecified atom stereocenters. The number of ether oxygens (including phenoxy) is 1. The van der Waals surface area contributed by atoms with E-state index >= 15 is 0 Å². The summed E-state index contributed by atoms with van der Waals surface area (Å²) in [6.07, 6.45) is 5.28. The van der Waals surface area contributed by atoms with E-state index < -0.39 is 0 Å². The van der Waals surface area contributed by atoms with Gasteiger partial charge in [0.1, 0.15) is 11.5 Å². The second-order valence-corrected chi connectivity index (χ2v) is 2.40. The van der Waals surface area contributed by atoms with E-state index in [4.69, 9.17) is 10.5 Å². The minimum Gasteiger partial charge on any atom is -0.463 e. The minimum absolute atomic E-state index is 0.473. The van der Waals surface area contributed by atoms with Crippen molar-refractivity contribution in [3.63, 3.8) is 0 Å². The van der Waals surface area contributed by atoms with Crippen molar-refractivity contribution < 1.29 is 4.74 Å². The van der Waals surface area contributed by atoms with Gasteiger partial charge < -0.3 is 10.5 Å². The molecule has 80 valence electrons. The summed E-state index contributed by atoms with van der Waals surface area (Å²) >= 11 is 0. The molecule has 0 aromatic heterocycles. The van der Waals surface area contributed by atoms with Crippen LogP contribution in [0.4, 0.5) is 0 Å². The Morgan fingerprint density at radius 1 is 1.29 bits per heavy atom. The summed E-state index contributed by atoms with van der Waals surface area (Å²) in [6.45, 7) is 14.9. The minimum atomic E-state index is 0.473. The van der Waals surface area contributed by atoms with Crippen molar-refractivity contribution in [2.75, 3.05) is 0 Å². The molecule has 2 heteroatoms. The first-order chi connectivity index (χ1) is 6.56. The van der Waals surface area contributed by atoms with Crippen molar-refractivity contribution in [3.8, 4) is 0 Å². The quantitative estimate of drug-likeness (QED) is 0.550. The lowest BCUT2D eigenvalue weighted by molar-refractivity contribution is 0.324. The number of rotatable bonds is 4. The molecule has 0 aliphatic heterocycles. The maximum absolute atomic E-state index is 5.34. The molecule has 0 amide bonds. The number of hydrogen-bond donors (Lipinski definition) is 1. The topological polar surface area (TPSA) is 35.2 Å². The van der Waals surface area contributed by atoms with Gasteiger partial charge in [0.2, 0.25) is 0 Å². The van der Waals surface area contributed by atoms with E-state index in [9.17, 15) is 0 Å². The zero-order chi connectivity index (χ0) is 11.6. The molecule has 0 atom stereocenters. The van der Waals surface area contributed by atoms with Crippen molar-refractivity contribution in [3.05, 3.63) is 48.6 Å². The van der Waals surface area contributed by atoms with Gasteiger partial charge in [-0.25, -0.2) is 0 Å². The van der Waals surface area contributed by atoms with Crippen LogP contribution in [0.3, 0.4) is 0 Å². The molecule has 0 aromatic rings. The molecule has 0 radical (unpaired) electrons. The third-order valence-electron chi connectivity index (χ3n) is 1.03. The standard InChI is InChI=1S/C10H15NO.C2H6/c1-5-6-9(3)12-10(4)7-8(2)11;1-2/h5-7H,2-3,11H2,1,4H3;1-2H3/b6-5-,10-7+;. The predicted octanol–water partition coefficient (Wildman–Crippen LogP) is 3.50. The fraction of sp³-hybridized carbons (Fsp3) is 0.333. The summed E-state index contributed by atoms with van der Waals surface area (Å²) in [6, 6.07) is 0. The van der Waals surface area contributed by atoms with Gasteiger partial charge >= 0.3 is 0 Å². The second kappa shape index (κ2) is 9.65. The van der Waals surface area contributed by atoms with Gasteiger partial charge in [-0.3, -0.25) is 0 Å². The number of nitrogens with two attached hydrogens (primary N) is 1. The van der Waals surface area contributed by atoms with Gasteiger partial charge in [-0.1, -0.05) is 33.1 Å². The van der Waals surface area contributed by atoms with Crippen LogP contribution in [-0.4, -0.2) is 0 Å². The Labute approximate surface area is 87.5 Å². The van der Waals surface area contributed by atoms with Crippen LogP contribution in [0.2, 0.25) is 0 Å².